The molecule has 1 nitrogen and oxygen atoms in total. The third-order valence-corrected chi connectivity index (χ3v) is 5.91. The highest BCUT2D eigenvalue weighted by atomic mass is 28.4. The molecule has 2 aliphatic carbocycles. The van der Waals surface area contributed by atoms with Crippen LogP contribution in [0.1, 0.15) is 36.8 Å². The summed E-state index contributed by atoms with van der Waals surface area (Å²) in [6, 6.07) is 8.95. The van der Waals surface area contributed by atoms with E-state index in [2.05, 4.69) is 56.6 Å². The summed E-state index contributed by atoms with van der Waals surface area (Å²) in [5.41, 5.74) is 3.40. The fourth-order valence-corrected chi connectivity index (χ4v) is 5.57. The minimum Gasteiger partial charge on any atom is -0.408 e. The van der Waals surface area contributed by atoms with Gasteiger partial charge in [-0.05, 0) is 62.9 Å². The van der Waals surface area contributed by atoms with Crippen molar-refractivity contribution in [3.63, 3.8) is 0 Å². The van der Waals surface area contributed by atoms with E-state index in [1.807, 2.05) is 0 Å². The molecule has 0 aromatic heterocycles. The SMILES string of the molecule is C=CCCC12CCc3ccccc3C1(O[Si](C)(C)C)C2. The average molecular weight is 286 g/mol. The van der Waals surface area contributed by atoms with Gasteiger partial charge in [0.2, 0.25) is 0 Å². The van der Waals surface area contributed by atoms with Crippen molar-refractivity contribution in [2.24, 2.45) is 5.41 Å². The highest BCUT2D eigenvalue weighted by Crippen LogP contribution is 2.73. The van der Waals surface area contributed by atoms with Gasteiger partial charge in [-0.25, -0.2) is 0 Å². The van der Waals surface area contributed by atoms with Gasteiger partial charge in [0.25, 0.3) is 0 Å². The van der Waals surface area contributed by atoms with Crippen molar-refractivity contribution in [2.75, 3.05) is 0 Å². The Morgan fingerprint density at radius 3 is 2.75 bits per heavy atom. The zero-order valence-electron chi connectivity index (χ0n) is 13.0. The standard InChI is InChI=1S/C18H26OSi/c1-5-6-12-17-13-11-15-9-7-8-10-16(15)18(17,14-17)19-20(2,3)4/h5,7-10H,1,6,11-14H2,2-4H3. The lowest BCUT2D eigenvalue weighted by atomic mass is 9.79. The third kappa shape index (κ3) is 2.10. The van der Waals surface area contributed by atoms with E-state index in [4.69, 9.17) is 4.43 Å². The first-order valence-electron chi connectivity index (χ1n) is 7.82. The molecule has 0 aliphatic heterocycles. The molecule has 0 amide bonds. The molecule has 0 saturated heterocycles. The predicted molar refractivity (Wildman–Crippen MR) is 87.4 cm³/mol. The second-order valence-electron chi connectivity index (χ2n) is 7.48. The van der Waals surface area contributed by atoms with Gasteiger partial charge >= 0.3 is 0 Å². The van der Waals surface area contributed by atoms with Gasteiger partial charge in [-0.3, -0.25) is 0 Å². The summed E-state index contributed by atoms with van der Waals surface area (Å²) in [6.07, 6.45) is 8.11. The van der Waals surface area contributed by atoms with Crippen molar-refractivity contribution in [3.8, 4) is 0 Å². The Morgan fingerprint density at radius 1 is 1.30 bits per heavy atom. The zero-order valence-corrected chi connectivity index (χ0v) is 14.0. The number of benzene rings is 1. The number of hydrogen-bond donors (Lipinski definition) is 0. The highest BCUT2D eigenvalue weighted by Gasteiger charge is 2.70. The minimum absolute atomic E-state index is 0.0231. The summed E-state index contributed by atoms with van der Waals surface area (Å²) < 4.78 is 6.77. The van der Waals surface area contributed by atoms with Crippen LogP contribution < -0.4 is 0 Å². The van der Waals surface area contributed by atoms with Gasteiger partial charge in [-0.1, -0.05) is 30.3 Å². The molecule has 1 saturated carbocycles. The number of fused-ring (bicyclic) bond motifs is 3. The summed E-state index contributed by atoms with van der Waals surface area (Å²) >= 11 is 0. The Hall–Kier alpha value is -0.863. The first kappa shape index (κ1) is 14.1. The van der Waals surface area contributed by atoms with Gasteiger partial charge in [0.15, 0.2) is 8.32 Å². The van der Waals surface area contributed by atoms with E-state index in [0.29, 0.717) is 5.41 Å². The van der Waals surface area contributed by atoms with Crippen LogP contribution in [0.5, 0.6) is 0 Å². The zero-order chi connectivity index (χ0) is 14.4. The van der Waals surface area contributed by atoms with Gasteiger partial charge in [-0.2, -0.15) is 0 Å². The molecule has 1 fully saturated rings. The summed E-state index contributed by atoms with van der Waals surface area (Å²) in [4.78, 5) is 0. The molecule has 0 bridgehead atoms. The first-order valence-corrected chi connectivity index (χ1v) is 11.2. The molecule has 2 heteroatoms. The Labute approximate surface area is 124 Å². The van der Waals surface area contributed by atoms with E-state index in [1.165, 1.54) is 36.8 Å². The van der Waals surface area contributed by atoms with E-state index in [9.17, 15) is 0 Å². The van der Waals surface area contributed by atoms with Gasteiger partial charge in [0.1, 0.15) is 0 Å². The summed E-state index contributed by atoms with van der Waals surface area (Å²) in [6.45, 7) is 10.8. The lowest BCUT2D eigenvalue weighted by Crippen LogP contribution is -2.38. The van der Waals surface area contributed by atoms with Crippen LogP contribution in [0.4, 0.5) is 0 Å². The molecule has 2 atom stereocenters. The van der Waals surface area contributed by atoms with E-state index in [0.717, 1.165) is 6.42 Å². The number of hydrogen-bond acceptors (Lipinski definition) is 1. The van der Waals surface area contributed by atoms with E-state index in [1.54, 1.807) is 0 Å². The summed E-state index contributed by atoms with van der Waals surface area (Å²) in [5.74, 6) is 0. The predicted octanol–water partition coefficient (Wildman–Crippen LogP) is 5.04. The van der Waals surface area contributed by atoms with Crippen molar-refractivity contribution in [1.82, 2.24) is 0 Å². The summed E-state index contributed by atoms with van der Waals surface area (Å²) in [7, 11) is -1.56. The monoisotopic (exact) mass is 286 g/mol. The highest BCUT2D eigenvalue weighted by molar-refractivity contribution is 6.69. The Kier molecular flexibility index (Phi) is 3.22. The second kappa shape index (κ2) is 4.57. The van der Waals surface area contributed by atoms with Crippen molar-refractivity contribution in [3.05, 3.63) is 48.0 Å². The summed E-state index contributed by atoms with van der Waals surface area (Å²) in [5, 5.41) is 0. The van der Waals surface area contributed by atoms with Gasteiger partial charge < -0.3 is 4.43 Å². The smallest absolute Gasteiger partial charge is 0.185 e. The Balaban J connectivity index is 2.00. The Morgan fingerprint density at radius 2 is 2.05 bits per heavy atom. The van der Waals surface area contributed by atoms with Crippen LogP contribution in [0.3, 0.4) is 0 Å². The van der Waals surface area contributed by atoms with Gasteiger partial charge in [0.05, 0.1) is 5.60 Å². The molecular formula is C18H26OSi. The van der Waals surface area contributed by atoms with Crippen LogP contribution in [-0.2, 0) is 16.4 Å². The van der Waals surface area contributed by atoms with Crippen molar-refractivity contribution < 1.29 is 4.43 Å². The lowest BCUT2D eigenvalue weighted by Gasteiger charge is -2.37. The molecule has 1 aromatic rings. The second-order valence-corrected chi connectivity index (χ2v) is 11.9. The van der Waals surface area contributed by atoms with E-state index >= 15 is 0 Å². The minimum atomic E-state index is -1.56. The van der Waals surface area contributed by atoms with Crippen LogP contribution >= 0.6 is 0 Å². The van der Waals surface area contributed by atoms with Crippen molar-refractivity contribution in [2.45, 2.75) is 57.3 Å². The number of aryl methyl sites for hydroxylation is 1. The maximum Gasteiger partial charge on any atom is 0.185 e. The fourth-order valence-electron chi connectivity index (χ4n) is 4.13. The molecule has 0 heterocycles. The largest absolute Gasteiger partial charge is 0.408 e. The molecule has 2 unspecified atom stereocenters. The van der Waals surface area contributed by atoms with Gasteiger partial charge in [0, 0.05) is 5.41 Å². The van der Waals surface area contributed by atoms with Crippen LogP contribution in [0.15, 0.2) is 36.9 Å². The van der Waals surface area contributed by atoms with Crippen LogP contribution in [0.25, 0.3) is 0 Å². The van der Waals surface area contributed by atoms with Crippen molar-refractivity contribution >= 4 is 8.32 Å². The maximum absolute atomic E-state index is 6.77. The normalized spacial score (nSPS) is 31.4. The molecule has 1 aromatic carbocycles. The first-order chi connectivity index (χ1) is 9.43. The fraction of sp³-hybridized carbons (Fsp3) is 0.556. The topological polar surface area (TPSA) is 9.23 Å². The number of allylic oxidation sites excluding steroid dienone is 1. The average Bonchev–Trinajstić information content (AvgIpc) is 3.03. The van der Waals surface area contributed by atoms with Crippen molar-refractivity contribution in [1.29, 1.82) is 0 Å². The Bertz CT molecular complexity index is 530. The molecular weight excluding hydrogens is 260 g/mol. The molecule has 3 rings (SSSR count). The number of rotatable bonds is 5. The maximum atomic E-state index is 6.77. The third-order valence-electron chi connectivity index (χ3n) is 4.95. The quantitative estimate of drug-likeness (QED) is 0.544. The lowest BCUT2D eigenvalue weighted by molar-refractivity contribution is 0.0983. The molecule has 108 valence electrons. The molecule has 20 heavy (non-hydrogen) atoms. The molecule has 0 spiro atoms. The van der Waals surface area contributed by atoms with Crippen LogP contribution in [0, 0.1) is 5.41 Å². The van der Waals surface area contributed by atoms with Crippen LogP contribution in [0.2, 0.25) is 19.6 Å². The van der Waals surface area contributed by atoms with Crippen LogP contribution in [-0.4, -0.2) is 8.32 Å². The molecule has 0 radical (unpaired) electrons. The van der Waals surface area contributed by atoms with Gasteiger partial charge in [-0.15, -0.1) is 6.58 Å². The van der Waals surface area contributed by atoms with E-state index < -0.39 is 8.32 Å². The molecule has 0 N–H and O–H groups in total. The molecule has 2 aliphatic rings. The van der Waals surface area contributed by atoms with E-state index in [-0.39, 0.29) is 5.60 Å².